The molecule has 2 aliphatic heterocycles. The van der Waals surface area contributed by atoms with Crippen LogP contribution in [0.4, 0.5) is 15.8 Å². The van der Waals surface area contributed by atoms with Crippen molar-refractivity contribution in [2.75, 3.05) is 22.4 Å². The molecule has 2 heterocycles. The highest BCUT2D eigenvalue weighted by molar-refractivity contribution is 7.92. The fraction of sp³-hybridized carbons (Fsp3) is 0.263. The van der Waals surface area contributed by atoms with Crippen LogP contribution < -0.4 is 9.62 Å². The number of sulfonamides is 1. The number of hydrogen-bond acceptors (Lipinski definition) is 5. The minimum absolute atomic E-state index is 0.146. The zero-order valence-corrected chi connectivity index (χ0v) is 15.9. The lowest BCUT2D eigenvalue weighted by Gasteiger charge is -2.17. The zero-order chi connectivity index (χ0) is 19.9. The maximum atomic E-state index is 13.9. The van der Waals surface area contributed by atoms with Gasteiger partial charge in [-0.1, -0.05) is 29.4 Å². The summed E-state index contributed by atoms with van der Waals surface area (Å²) in [5, 5.41) is 6.56. The van der Waals surface area contributed by atoms with E-state index in [1.165, 1.54) is 10.4 Å². The first-order chi connectivity index (χ1) is 13.3. The Hall–Kier alpha value is -2.94. The minimum Gasteiger partial charge on any atom is -0.382 e. The van der Waals surface area contributed by atoms with E-state index in [1.54, 1.807) is 36.4 Å². The van der Waals surface area contributed by atoms with Gasteiger partial charge >= 0.3 is 0 Å². The van der Waals surface area contributed by atoms with Crippen LogP contribution in [0.25, 0.3) is 0 Å². The second-order valence-electron chi connectivity index (χ2n) is 6.73. The molecule has 0 bridgehead atoms. The van der Waals surface area contributed by atoms with Gasteiger partial charge < -0.3 is 10.2 Å². The summed E-state index contributed by atoms with van der Waals surface area (Å²) in [4.78, 5) is 17.7. The van der Waals surface area contributed by atoms with Gasteiger partial charge in [0, 0.05) is 24.2 Å². The van der Waals surface area contributed by atoms with Crippen molar-refractivity contribution >= 4 is 33.0 Å². The Morgan fingerprint density at radius 2 is 2.07 bits per heavy atom. The fourth-order valence-corrected chi connectivity index (χ4v) is 4.32. The molecular weight excluding hydrogens is 385 g/mol. The van der Waals surface area contributed by atoms with Crippen LogP contribution in [0.3, 0.4) is 0 Å². The monoisotopic (exact) mass is 403 g/mol. The molecule has 2 aromatic carbocycles. The molecule has 0 saturated heterocycles. The molecule has 1 N–H and O–H groups in total. The van der Waals surface area contributed by atoms with E-state index in [0.29, 0.717) is 35.6 Å². The van der Waals surface area contributed by atoms with Crippen LogP contribution in [0.5, 0.6) is 0 Å². The normalized spacial score (nSPS) is 18.4. The molecule has 28 heavy (non-hydrogen) atoms. The van der Waals surface area contributed by atoms with Crippen molar-refractivity contribution < 1.29 is 22.4 Å². The minimum atomic E-state index is -3.38. The molecule has 0 saturated carbocycles. The van der Waals surface area contributed by atoms with E-state index in [2.05, 4.69) is 10.5 Å². The van der Waals surface area contributed by atoms with Crippen LogP contribution in [-0.2, 0) is 26.1 Å². The van der Waals surface area contributed by atoms with Crippen LogP contribution in [0.2, 0.25) is 0 Å². The van der Waals surface area contributed by atoms with Gasteiger partial charge in [0.15, 0.2) is 0 Å². The van der Waals surface area contributed by atoms with Crippen LogP contribution in [0.15, 0.2) is 47.6 Å². The number of nitrogens with one attached hydrogen (secondary N) is 1. The summed E-state index contributed by atoms with van der Waals surface area (Å²) < 4.78 is 39.0. The van der Waals surface area contributed by atoms with Gasteiger partial charge in [0.2, 0.25) is 16.1 Å². The van der Waals surface area contributed by atoms with Gasteiger partial charge in [-0.2, -0.15) is 0 Å². The summed E-state index contributed by atoms with van der Waals surface area (Å²) in [5.74, 6) is -0.857. The molecule has 1 atom stereocenters. The number of anilines is 2. The number of carbonyl (C=O) groups is 1. The number of amides is 1. The molecule has 1 amide bonds. The number of hydrogen-bond donors (Lipinski definition) is 1. The average Bonchev–Trinajstić information content (AvgIpc) is 3.28. The first-order valence-corrected chi connectivity index (χ1v) is 10.6. The highest BCUT2D eigenvalue weighted by Crippen LogP contribution is 2.32. The number of nitrogens with zero attached hydrogens (tertiary/aromatic N) is 2. The lowest BCUT2D eigenvalue weighted by Crippen LogP contribution is -2.29. The van der Waals surface area contributed by atoms with E-state index < -0.39 is 27.9 Å². The summed E-state index contributed by atoms with van der Waals surface area (Å²) in [6, 6.07) is 11.3. The number of carbonyl (C=O) groups excluding carboxylic acids is 1. The summed E-state index contributed by atoms with van der Waals surface area (Å²) in [5.41, 5.74) is 2.61. The molecule has 0 aliphatic carbocycles. The second-order valence-corrected chi connectivity index (χ2v) is 8.64. The van der Waals surface area contributed by atoms with Crippen molar-refractivity contribution in [1.82, 2.24) is 0 Å². The Morgan fingerprint density at radius 3 is 2.82 bits per heavy atom. The van der Waals surface area contributed by atoms with Gasteiger partial charge in [-0.05, 0) is 30.2 Å². The molecule has 2 aromatic rings. The Morgan fingerprint density at radius 1 is 1.29 bits per heavy atom. The summed E-state index contributed by atoms with van der Waals surface area (Å²) >= 11 is 0. The standard InChI is InChI=1S/C19H18FN3O4S/c1-28(25,26)23-9-8-12-6-7-13(10-17(12)23)21-19(24)18-11-16(22-27-18)14-4-2-3-5-15(14)20/h2-7,10,18H,8-9,11H2,1H3,(H,21,24). The third-order valence-electron chi connectivity index (χ3n) is 4.75. The second kappa shape index (κ2) is 6.90. The lowest BCUT2D eigenvalue weighted by molar-refractivity contribution is -0.125. The number of benzene rings is 2. The van der Waals surface area contributed by atoms with Gasteiger partial charge in [0.05, 0.1) is 17.7 Å². The Labute approximate surface area is 161 Å². The maximum Gasteiger partial charge on any atom is 0.268 e. The zero-order valence-electron chi connectivity index (χ0n) is 15.1. The highest BCUT2D eigenvalue weighted by Gasteiger charge is 2.31. The molecule has 0 radical (unpaired) electrons. The van der Waals surface area contributed by atoms with Gasteiger partial charge in [0.25, 0.3) is 5.91 Å². The third-order valence-corrected chi connectivity index (χ3v) is 5.93. The van der Waals surface area contributed by atoms with Crippen molar-refractivity contribution in [3.63, 3.8) is 0 Å². The predicted molar refractivity (Wildman–Crippen MR) is 103 cm³/mol. The molecule has 7 nitrogen and oxygen atoms in total. The summed E-state index contributed by atoms with van der Waals surface area (Å²) in [6.07, 6.45) is 1.05. The van der Waals surface area contributed by atoms with Gasteiger partial charge in [-0.25, -0.2) is 12.8 Å². The van der Waals surface area contributed by atoms with Gasteiger partial charge in [0.1, 0.15) is 5.82 Å². The first-order valence-electron chi connectivity index (χ1n) is 8.72. The third kappa shape index (κ3) is 3.45. The van der Waals surface area contributed by atoms with E-state index in [0.717, 1.165) is 11.8 Å². The van der Waals surface area contributed by atoms with Crippen LogP contribution in [-0.4, -0.2) is 38.9 Å². The Kier molecular flexibility index (Phi) is 4.54. The van der Waals surface area contributed by atoms with E-state index in [-0.39, 0.29) is 6.42 Å². The Bertz CT molecular complexity index is 1080. The number of fused-ring (bicyclic) bond motifs is 1. The van der Waals surface area contributed by atoms with Crippen molar-refractivity contribution in [2.24, 2.45) is 5.16 Å². The van der Waals surface area contributed by atoms with E-state index in [1.807, 2.05) is 0 Å². The lowest BCUT2D eigenvalue weighted by atomic mass is 10.0. The van der Waals surface area contributed by atoms with Gasteiger partial charge in [-0.15, -0.1) is 0 Å². The van der Waals surface area contributed by atoms with Crippen molar-refractivity contribution in [3.05, 3.63) is 59.4 Å². The molecule has 146 valence electrons. The van der Waals surface area contributed by atoms with E-state index >= 15 is 0 Å². The molecule has 9 heteroatoms. The smallest absolute Gasteiger partial charge is 0.268 e. The quantitative estimate of drug-likeness (QED) is 0.848. The fourth-order valence-electron chi connectivity index (χ4n) is 3.37. The molecule has 0 spiro atoms. The largest absolute Gasteiger partial charge is 0.382 e. The predicted octanol–water partition coefficient (Wildman–Crippen LogP) is 2.28. The summed E-state index contributed by atoms with van der Waals surface area (Å²) in [7, 11) is -3.38. The maximum absolute atomic E-state index is 13.9. The van der Waals surface area contributed by atoms with E-state index in [4.69, 9.17) is 4.84 Å². The molecular formula is C19H18FN3O4S. The van der Waals surface area contributed by atoms with Crippen molar-refractivity contribution in [3.8, 4) is 0 Å². The molecule has 0 fully saturated rings. The Balaban J connectivity index is 1.47. The van der Waals surface area contributed by atoms with Crippen molar-refractivity contribution in [1.29, 1.82) is 0 Å². The molecule has 4 rings (SSSR count). The number of rotatable bonds is 4. The molecule has 1 unspecified atom stereocenters. The van der Waals surface area contributed by atoms with E-state index in [9.17, 15) is 17.6 Å². The van der Waals surface area contributed by atoms with Crippen LogP contribution in [0, 0.1) is 5.82 Å². The topological polar surface area (TPSA) is 88.1 Å². The number of halogens is 1. The summed E-state index contributed by atoms with van der Waals surface area (Å²) in [6.45, 7) is 0.386. The first kappa shape index (κ1) is 18.4. The van der Waals surface area contributed by atoms with Crippen LogP contribution >= 0.6 is 0 Å². The highest BCUT2D eigenvalue weighted by atomic mass is 32.2. The number of oxime groups is 1. The van der Waals surface area contributed by atoms with Gasteiger partial charge in [-0.3, -0.25) is 9.10 Å². The SMILES string of the molecule is CS(=O)(=O)N1CCc2ccc(NC(=O)C3CC(c4ccccc4F)=NO3)cc21. The van der Waals surface area contributed by atoms with Crippen molar-refractivity contribution in [2.45, 2.75) is 18.9 Å². The molecule has 0 aromatic heterocycles. The average molecular weight is 403 g/mol. The van der Waals surface area contributed by atoms with Crippen LogP contribution in [0.1, 0.15) is 17.5 Å². The molecule has 2 aliphatic rings.